The van der Waals surface area contributed by atoms with Gasteiger partial charge in [0, 0.05) is 37.6 Å². The maximum atomic E-state index is 4.41. The van der Waals surface area contributed by atoms with Gasteiger partial charge in [0.15, 0.2) is 0 Å². The summed E-state index contributed by atoms with van der Waals surface area (Å²) in [7, 11) is 1.96. The van der Waals surface area contributed by atoms with Gasteiger partial charge in [-0.2, -0.15) is 5.10 Å². The number of aryl methyl sites for hydroxylation is 1. The second-order valence-corrected chi connectivity index (χ2v) is 4.90. The maximum absolute atomic E-state index is 4.41. The molecule has 4 heteroatoms. The van der Waals surface area contributed by atoms with E-state index in [9.17, 15) is 0 Å². The van der Waals surface area contributed by atoms with E-state index in [2.05, 4.69) is 34.6 Å². The topological polar surface area (TPSA) is 42.7 Å². The third-order valence-electron chi connectivity index (χ3n) is 3.11. The molecular formula is C15H22N4. The minimum Gasteiger partial charge on any atom is -0.313 e. The molecule has 0 fully saturated rings. The lowest BCUT2D eigenvalue weighted by Gasteiger charge is -2.17. The maximum Gasteiger partial charge on any atom is 0.0522 e. The van der Waals surface area contributed by atoms with E-state index in [-0.39, 0.29) is 0 Å². The van der Waals surface area contributed by atoms with Crippen molar-refractivity contribution in [1.82, 2.24) is 20.1 Å². The summed E-state index contributed by atoms with van der Waals surface area (Å²) in [5.74, 6) is 0. The predicted octanol–water partition coefficient (Wildman–Crippen LogP) is 1.97. The van der Waals surface area contributed by atoms with Gasteiger partial charge in [0.1, 0.15) is 0 Å². The van der Waals surface area contributed by atoms with Crippen LogP contribution in [-0.4, -0.2) is 27.4 Å². The molecule has 1 unspecified atom stereocenters. The van der Waals surface area contributed by atoms with Crippen LogP contribution in [0.5, 0.6) is 0 Å². The molecule has 19 heavy (non-hydrogen) atoms. The van der Waals surface area contributed by atoms with E-state index in [1.807, 2.05) is 36.3 Å². The summed E-state index contributed by atoms with van der Waals surface area (Å²) in [6.45, 7) is 3.23. The lowest BCUT2D eigenvalue weighted by atomic mass is 10.0. The Morgan fingerprint density at radius 3 is 2.84 bits per heavy atom. The van der Waals surface area contributed by atoms with Crippen molar-refractivity contribution in [2.24, 2.45) is 7.05 Å². The molecule has 0 bridgehead atoms. The van der Waals surface area contributed by atoms with Crippen molar-refractivity contribution in [1.29, 1.82) is 0 Å². The Morgan fingerprint density at radius 2 is 2.21 bits per heavy atom. The molecule has 0 aromatic carbocycles. The highest BCUT2D eigenvalue weighted by molar-refractivity contribution is 5.10. The highest BCUT2D eigenvalue weighted by Crippen LogP contribution is 2.07. The first kappa shape index (κ1) is 13.7. The Balaban J connectivity index is 1.99. The van der Waals surface area contributed by atoms with Crippen molar-refractivity contribution in [3.05, 3.63) is 48.0 Å². The van der Waals surface area contributed by atoms with Crippen molar-refractivity contribution in [2.75, 3.05) is 6.54 Å². The molecule has 0 spiro atoms. The second-order valence-electron chi connectivity index (χ2n) is 4.90. The number of nitrogens with zero attached hydrogens (tertiary/aromatic N) is 3. The average molecular weight is 258 g/mol. The zero-order valence-electron chi connectivity index (χ0n) is 11.7. The van der Waals surface area contributed by atoms with Crippen LogP contribution in [0.4, 0.5) is 0 Å². The van der Waals surface area contributed by atoms with Gasteiger partial charge in [-0.3, -0.25) is 9.67 Å². The Kier molecular flexibility index (Phi) is 5.10. The second kappa shape index (κ2) is 7.04. The van der Waals surface area contributed by atoms with Crippen LogP contribution in [0.25, 0.3) is 0 Å². The molecule has 2 aromatic heterocycles. The monoisotopic (exact) mass is 258 g/mol. The molecule has 4 nitrogen and oxygen atoms in total. The summed E-state index contributed by atoms with van der Waals surface area (Å²) < 4.78 is 1.85. The molecule has 1 N–H and O–H groups in total. The summed E-state index contributed by atoms with van der Waals surface area (Å²) in [6.07, 6.45) is 8.97. The van der Waals surface area contributed by atoms with Gasteiger partial charge in [-0.15, -0.1) is 0 Å². The molecule has 0 saturated carbocycles. The molecule has 0 aliphatic rings. The fourth-order valence-corrected chi connectivity index (χ4v) is 2.20. The quantitative estimate of drug-likeness (QED) is 0.825. The molecule has 0 saturated heterocycles. The van der Waals surface area contributed by atoms with E-state index < -0.39 is 0 Å². The normalized spacial score (nSPS) is 12.5. The van der Waals surface area contributed by atoms with Crippen LogP contribution in [0, 0.1) is 0 Å². The minimum atomic E-state index is 0.416. The average Bonchev–Trinajstić information content (AvgIpc) is 2.82. The molecule has 0 amide bonds. The molecule has 2 heterocycles. The van der Waals surface area contributed by atoms with E-state index in [0.29, 0.717) is 6.04 Å². The number of aromatic nitrogens is 3. The van der Waals surface area contributed by atoms with E-state index in [4.69, 9.17) is 0 Å². The number of pyridine rings is 1. The molecule has 0 radical (unpaired) electrons. The lowest BCUT2D eigenvalue weighted by Crippen LogP contribution is -2.34. The van der Waals surface area contributed by atoms with Gasteiger partial charge in [-0.05, 0) is 37.1 Å². The van der Waals surface area contributed by atoms with Gasteiger partial charge < -0.3 is 5.32 Å². The third-order valence-corrected chi connectivity index (χ3v) is 3.11. The van der Waals surface area contributed by atoms with Gasteiger partial charge in [0.25, 0.3) is 0 Å². The Morgan fingerprint density at radius 1 is 1.32 bits per heavy atom. The Bertz CT molecular complexity index is 478. The van der Waals surface area contributed by atoms with Gasteiger partial charge >= 0.3 is 0 Å². The van der Waals surface area contributed by atoms with Crippen LogP contribution in [0.15, 0.2) is 36.8 Å². The first-order valence-electron chi connectivity index (χ1n) is 6.88. The number of hydrogen-bond acceptors (Lipinski definition) is 3. The predicted molar refractivity (Wildman–Crippen MR) is 76.9 cm³/mol. The number of hydrogen-bond donors (Lipinski definition) is 1. The summed E-state index contributed by atoms with van der Waals surface area (Å²) >= 11 is 0. The summed E-state index contributed by atoms with van der Waals surface area (Å²) in [5.41, 5.74) is 2.41. The Labute approximate surface area is 114 Å². The van der Waals surface area contributed by atoms with E-state index in [0.717, 1.165) is 31.5 Å². The first-order valence-corrected chi connectivity index (χ1v) is 6.88. The summed E-state index contributed by atoms with van der Waals surface area (Å²) in [6, 6.07) is 6.51. The fraction of sp³-hybridized carbons (Fsp3) is 0.467. The summed E-state index contributed by atoms with van der Waals surface area (Å²) in [4.78, 5) is 4.41. The van der Waals surface area contributed by atoms with E-state index >= 15 is 0 Å². The van der Waals surface area contributed by atoms with Crippen molar-refractivity contribution >= 4 is 0 Å². The largest absolute Gasteiger partial charge is 0.313 e. The number of nitrogens with one attached hydrogen (secondary N) is 1. The van der Waals surface area contributed by atoms with Crippen molar-refractivity contribution < 1.29 is 0 Å². The molecule has 102 valence electrons. The minimum absolute atomic E-state index is 0.416. The molecular weight excluding hydrogens is 236 g/mol. The third kappa shape index (κ3) is 4.48. The van der Waals surface area contributed by atoms with Crippen molar-refractivity contribution in [3.8, 4) is 0 Å². The van der Waals surface area contributed by atoms with Crippen LogP contribution in [0.2, 0.25) is 0 Å². The van der Waals surface area contributed by atoms with E-state index in [1.165, 1.54) is 5.56 Å². The van der Waals surface area contributed by atoms with Gasteiger partial charge in [0.2, 0.25) is 0 Å². The van der Waals surface area contributed by atoms with Crippen molar-refractivity contribution in [2.45, 2.75) is 32.2 Å². The zero-order valence-corrected chi connectivity index (χ0v) is 11.7. The fourth-order valence-electron chi connectivity index (χ4n) is 2.20. The van der Waals surface area contributed by atoms with Crippen molar-refractivity contribution in [3.63, 3.8) is 0 Å². The molecule has 2 aromatic rings. The molecule has 2 rings (SSSR count). The van der Waals surface area contributed by atoms with Crippen LogP contribution in [0.1, 0.15) is 24.6 Å². The van der Waals surface area contributed by atoms with Gasteiger partial charge in [0.05, 0.1) is 6.20 Å². The first-order chi connectivity index (χ1) is 9.28. The smallest absolute Gasteiger partial charge is 0.0522 e. The highest BCUT2D eigenvalue weighted by atomic mass is 15.2. The molecule has 0 aliphatic carbocycles. The molecule has 0 aliphatic heterocycles. The van der Waals surface area contributed by atoms with Crippen LogP contribution >= 0.6 is 0 Å². The summed E-state index contributed by atoms with van der Waals surface area (Å²) in [5, 5.41) is 7.83. The number of rotatable bonds is 7. The lowest BCUT2D eigenvalue weighted by molar-refractivity contribution is 0.500. The van der Waals surface area contributed by atoms with Gasteiger partial charge in [-0.25, -0.2) is 0 Å². The molecule has 1 atom stereocenters. The van der Waals surface area contributed by atoms with Crippen LogP contribution in [0.3, 0.4) is 0 Å². The standard InChI is InChI=1S/C15H22N4/c1-3-7-16-15(9-13-11-18-19(2)12-13)10-14-6-4-5-8-17-14/h4-6,8,11-12,15-16H,3,7,9-10H2,1-2H3. The SMILES string of the molecule is CCCNC(Cc1cnn(C)c1)Cc1ccccn1. The highest BCUT2D eigenvalue weighted by Gasteiger charge is 2.11. The zero-order chi connectivity index (χ0) is 13.5. The Hall–Kier alpha value is -1.68. The van der Waals surface area contributed by atoms with Gasteiger partial charge in [-0.1, -0.05) is 13.0 Å². The van der Waals surface area contributed by atoms with Crippen LogP contribution in [-0.2, 0) is 19.9 Å². The van der Waals surface area contributed by atoms with E-state index in [1.54, 1.807) is 0 Å². The van der Waals surface area contributed by atoms with Crippen LogP contribution < -0.4 is 5.32 Å².